The Hall–Kier alpha value is -0.680. The zero-order valence-electron chi connectivity index (χ0n) is 16.2. The maximum atomic E-state index is 11.8. The number of nitrogens with zero attached hydrogens (tertiary/aromatic N) is 1. The largest absolute Gasteiger partial charge is 0.393 e. The van der Waals surface area contributed by atoms with Crippen LogP contribution in [0.2, 0.25) is 0 Å². The highest BCUT2D eigenvalue weighted by Gasteiger charge is 2.85. The van der Waals surface area contributed by atoms with E-state index in [-0.39, 0.29) is 33.3 Å². The highest BCUT2D eigenvalue weighted by molar-refractivity contribution is 5.32. The highest BCUT2D eigenvalue weighted by atomic mass is 16.6. The number of nitro groups is 1. The molecule has 2 spiro atoms. The summed E-state index contributed by atoms with van der Waals surface area (Å²) in [5.74, 6) is 1.20. The number of hydrogen-bond acceptors (Lipinski definition) is 4. The van der Waals surface area contributed by atoms with Gasteiger partial charge in [-0.15, -0.1) is 0 Å². The minimum Gasteiger partial charge on any atom is -0.393 e. The molecule has 146 valence electrons. The predicted molar refractivity (Wildman–Crippen MR) is 97.2 cm³/mol. The number of rotatable bonds is 3. The van der Waals surface area contributed by atoms with Crippen LogP contribution in [0.4, 0.5) is 0 Å². The standard InChI is InChI=1S/C21H33NO4/c1-18-7-5-16-19(13-26-2)8-4-15(23)11-14(19)3-9-20(16)12-21(18,20)10-6-17(18)22(24)25/h14-17,23H,3-13H2,1-2H3/t14-,15+,16+,17-,18+,19+,20-,21?/m0/s1. The molecule has 0 radical (unpaired) electrons. The van der Waals surface area contributed by atoms with Crippen LogP contribution in [-0.4, -0.2) is 35.9 Å². The summed E-state index contributed by atoms with van der Waals surface area (Å²) in [5, 5.41) is 22.0. The Morgan fingerprint density at radius 2 is 1.96 bits per heavy atom. The molecule has 1 unspecified atom stereocenters. The fourth-order valence-electron chi connectivity index (χ4n) is 9.34. The van der Waals surface area contributed by atoms with Crippen LogP contribution in [0.3, 0.4) is 0 Å². The van der Waals surface area contributed by atoms with Crippen LogP contribution in [0.15, 0.2) is 0 Å². The summed E-state index contributed by atoms with van der Waals surface area (Å²) in [6.45, 7) is 3.06. The van der Waals surface area contributed by atoms with Gasteiger partial charge in [-0.3, -0.25) is 10.1 Å². The number of ether oxygens (including phenoxy) is 1. The molecule has 0 aromatic carbocycles. The Morgan fingerprint density at radius 3 is 2.69 bits per heavy atom. The van der Waals surface area contributed by atoms with E-state index in [0.29, 0.717) is 17.3 Å². The Labute approximate surface area is 156 Å². The summed E-state index contributed by atoms with van der Waals surface area (Å²) in [6, 6.07) is -0.341. The van der Waals surface area contributed by atoms with E-state index in [2.05, 4.69) is 6.92 Å². The van der Waals surface area contributed by atoms with E-state index < -0.39 is 0 Å². The van der Waals surface area contributed by atoms with Gasteiger partial charge in [0.2, 0.25) is 6.04 Å². The Bertz CT molecular complexity index is 640. The van der Waals surface area contributed by atoms with Crippen LogP contribution in [0.25, 0.3) is 0 Å². The van der Waals surface area contributed by atoms with Crippen molar-refractivity contribution in [3.05, 3.63) is 10.1 Å². The smallest absolute Gasteiger partial charge is 0.218 e. The quantitative estimate of drug-likeness (QED) is 0.611. The molecular formula is C21H33NO4. The van der Waals surface area contributed by atoms with Crippen molar-refractivity contribution in [2.45, 2.75) is 83.3 Å². The van der Waals surface area contributed by atoms with Gasteiger partial charge in [-0.2, -0.15) is 0 Å². The summed E-state index contributed by atoms with van der Waals surface area (Å²) >= 11 is 0. The van der Waals surface area contributed by atoms with E-state index in [1.54, 1.807) is 0 Å². The fourth-order valence-corrected chi connectivity index (χ4v) is 9.34. The second kappa shape index (κ2) is 5.22. The summed E-state index contributed by atoms with van der Waals surface area (Å²) < 4.78 is 5.79. The van der Waals surface area contributed by atoms with Crippen molar-refractivity contribution >= 4 is 0 Å². The average molecular weight is 363 g/mol. The number of fused-ring (bicyclic) bond motifs is 2. The van der Waals surface area contributed by atoms with Crippen molar-refractivity contribution < 1.29 is 14.8 Å². The van der Waals surface area contributed by atoms with Crippen LogP contribution in [0.1, 0.15) is 71.1 Å². The summed E-state index contributed by atoms with van der Waals surface area (Å²) in [6.07, 6.45) is 10.3. The molecule has 0 aromatic rings. The van der Waals surface area contributed by atoms with Crippen LogP contribution in [-0.2, 0) is 4.74 Å². The lowest BCUT2D eigenvalue weighted by molar-refractivity contribution is -0.541. The highest BCUT2D eigenvalue weighted by Crippen LogP contribution is 2.89. The van der Waals surface area contributed by atoms with Crippen LogP contribution >= 0.6 is 0 Å². The molecule has 0 aliphatic heterocycles. The molecule has 8 atom stereocenters. The van der Waals surface area contributed by atoms with E-state index >= 15 is 0 Å². The first-order valence-corrected chi connectivity index (χ1v) is 10.7. The maximum absolute atomic E-state index is 11.8. The van der Waals surface area contributed by atoms with E-state index in [1.165, 1.54) is 19.3 Å². The van der Waals surface area contributed by atoms with Crippen LogP contribution in [0.5, 0.6) is 0 Å². The lowest BCUT2D eigenvalue weighted by Gasteiger charge is -2.61. The molecule has 5 saturated carbocycles. The minimum absolute atomic E-state index is 0.0363. The Morgan fingerprint density at radius 1 is 1.15 bits per heavy atom. The lowest BCUT2D eigenvalue weighted by Crippen LogP contribution is -2.57. The van der Waals surface area contributed by atoms with Gasteiger partial charge in [-0.25, -0.2) is 0 Å². The van der Waals surface area contributed by atoms with Crippen molar-refractivity contribution in [1.82, 2.24) is 0 Å². The topological polar surface area (TPSA) is 72.6 Å². The minimum atomic E-state index is -0.341. The predicted octanol–water partition coefficient (Wildman–Crippen LogP) is 3.81. The average Bonchev–Trinajstić information content (AvgIpc) is 3.16. The molecule has 0 amide bonds. The van der Waals surface area contributed by atoms with Gasteiger partial charge in [0.15, 0.2) is 0 Å². The molecule has 0 bridgehead atoms. The number of aliphatic hydroxyl groups is 1. The summed E-state index contributed by atoms with van der Waals surface area (Å²) in [4.78, 5) is 11.8. The Kier molecular flexibility index (Phi) is 3.50. The molecule has 5 aliphatic carbocycles. The van der Waals surface area contributed by atoms with Crippen molar-refractivity contribution in [3.8, 4) is 0 Å². The zero-order chi connectivity index (χ0) is 18.4. The van der Waals surface area contributed by atoms with Gasteiger partial charge < -0.3 is 9.84 Å². The van der Waals surface area contributed by atoms with Crippen LogP contribution in [0, 0.1) is 43.6 Å². The summed E-state index contributed by atoms with van der Waals surface area (Å²) in [7, 11) is 1.83. The van der Waals surface area contributed by atoms with Gasteiger partial charge in [-0.1, -0.05) is 6.92 Å². The van der Waals surface area contributed by atoms with Gasteiger partial charge in [0.05, 0.1) is 12.7 Å². The van der Waals surface area contributed by atoms with Crippen molar-refractivity contribution in [1.29, 1.82) is 0 Å². The van der Waals surface area contributed by atoms with Crippen LogP contribution < -0.4 is 0 Å². The first kappa shape index (κ1) is 17.4. The normalized spacial score (nSPS) is 57.5. The van der Waals surface area contributed by atoms with E-state index in [0.717, 1.165) is 51.6 Å². The van der Waals surface area contributed by atoms with Gasteiger partial charge in [0.1, 0.15) is 0 Å². The third kappa shape index (κ3) is 1.76. The van der Waals surface area contributed by atoms with Gasteiger partial charge in [-0.05, 0) is 80.5 Å². The second-order valence-corrected chi connectivity index (χ2v) is 10.6. The second-order valence-electron chi connectivity index (χ2n) is 10.6. The molecule has 26 heavy (non-hydrogen) atoms. The summed E-state index contributed by atoms with van der Waals surface area (Å²) in [5.41, 5.74) is 0.622. The molecule has 5 aliphatic rings. The maximum Gasteiger partial charge on any atom is 0.218 e. The van der Waals surface area contributed by atoms with E-state index in [9.17, 15) is 15.2 Å². The zero-order valence-corrected chi connectivity index (χ0v) is 16.2. The van der Waals surface area contributed by atoms with Crippen molar-refractivity contribution in [2.24, 2.45) is 33.5 Å². The number of hydrogen-bond donors (Lipinski definition) is 1. The van der Waals surface area contributed by atoms with Gasteiger partial charge in [0, 0.05) is 29.3 Å². The third-order valence-electron chi connectivity index (χ3n) is 10.4. The first-order chi connectivity index (χ1) is 12.4. The number of aliphatic hydroxyl groups excluding tert-OH is 1. The third-order valence-corrected chi connectivity index (χ3v) is 10.4. The van der Waals surface area contributed by atoms with Gasteiger partial charge >= 0.3 is 0 Å². The molecule has 0 aromatic heterocycles. The monoisotopic (exact) mass is 363 g/mol. The molecule has 1 N–H and O–H groups in total. The molecular weight excluding hydrogens is 330 g/mol. The van der Waals surface area contributed by atoms with Crippen molar-refractivity contribution in [3.63, 3.8) is 0 Å². The molecule has 5 rings (SSSR count). The molecule has 5 nitrogen and oxygen atoms in total. The Balaban J connectivity index is 1.54. The SMILES string of the molecule is COC[C@]12CC[C@@H](O)C[C@@H]1CC[C@@]13CC14CC[C@H]([N+](=O)[O-])[C@@]4(C)CC[C@H]23. The molecule has 5 heteroatoms. The fraction of sp³-hybridized carbons (Fsp3) is 1.00. The lowest BCUT2D eigenvalue weighted by atomic mass is 9.44. The van der Waals surface area contributed by atoms with E-state index in [1.807, 2.05) is 7.11 Å². The van der Waals surface area contributed by atoms with Crippen molar-refractivity contribution in [2.75, 3.05) is 13.7 Å². The molecule has 0 saturated heterocycles. The number of methoxy groups -OCH3 is 1. The molecule has 0 heterocycles. The first-order valence-electron chi connectivity index (χ1n) is 10.7. The van der Waals surface area contributed by atoms with E-state index in [4.69, 9.17) is 4.74 Å². The van der Waals surface area contributed by atoms with Gasteiger partial charge in [0.25, 0.3) is 0 Å². The molecule has 5 fully saturated rings.